The molecule has 0 saturated heterocycles. The normalized spacial score (nSPS) is 11.7. The van der Waals surface area contributed by atoms with E-state index in [1.807, 2.05) is 13.8 Å². The minimum absolute atomic E-state index is 0.185. The van der Waals surface area contributed by atoms with Crippen molar-refractivity contribution < 1.29 is 9.47 Å². The van der Waals surface area contributed by atoms with E-state index in [2.05, 4.69) is 43.0 Å². The summed E-state index contributed by atoms with van der Waals surface area (Å²) in [6, 6.07) is 8.46. The highest BCUT2D eigenvalue weighted by atomic mass is 16.7. The van der Waals surface area contributed by atoms with Crippen molar-refractivity contribution >= 4 is 0 Å². The van der Waals surface area contributed by atoms with Crippen molar-refractivity contribution in [3.63, 3.8) is 0 Å². The molecule has 1 atom stereocenters. The van der Waals surface area contributed by atoms with Crippen molar-refractivity contribution in [3.8, 4) is 11.8 Å². The minimum Gasteiger partial charge on any atom is -0.353 e. The van der Waals surface area contributed by atoms with Crippen LogP contribution in [0, 0.1) is 11.8 Å². The highest BCUT2D eigenvalue weighted by molar-refractivity contribution is 5.36. The van der Waals surface area contributed by atoms with Crippen LogP contribution in [0.25, 0.3) is 0 Å². The van der Waals surface area contributed by atoms with Crippen LogP contribution in [0.5, 0.6) is 0 Å². The molecule has 0 aliphatic carbocycles. The van der Waals surface area contributed by atoms with E-state index in [-0.39, 0.29) is 6.29 Å². The van der Waals surface area contributed by atoms with Crippen LogP contribution < -0.4 is 0 Å². The lowest BCUT2D eigenvalue weighted by Gasteiger charge is -2.09. The van der Waals surface area contributed by atoms with E-state index in [0.29, 0.717) is 13.2 Å². The molecule has 0 spiro atoms. The minimum atomic E-state index is -0.185. The first-order valence-corrected chi connectivity index (χ1v) is 7.07. The van der Waals surface area contributed by atoms with Crippen molar-refractivity contribution in [1.82, 2.24) is 0 Å². The Hall–Kier alpha value is -1.30. The molecular weight excluding hydrogens is 236 g/mol. The molecule has 0 amide bonds. The summed E-state index contributed by atoms with van der Waals surface area (Å²) in [6.07, 6.45) is 3.44. The molecule has 0 fully saturated rings. The quantitative estimate of drug-likeness (QED) is 0.548. The molecule has 0 aliphatic heterocycles. The van der Waals surface area contributed by atoms with E-state index in [1.165, 1.54) is 18.4 Å². The SMILES string of the molecule is CCCCc1ccc(C#CCOC(C)OCC)cc1. The largest absolute Gasteiger partial charge is 0.353 e. The Morgan fingerprint density at radius 2 is 1.84 bits per heavy atom. The molecule has 1 rings (SSSR count). The van der Waals surface area contributed by atoms with Crippen LogP contribution in [-0.4, -0.2) is 19.5 Å². The summed E-state index contributed by atoms with van der Waals surface area (Å²) < 4.78 is 10.6. The number of ether oxygens (including phenoxy) is 2. The summed E-state index contributed by atoms with van der Waals surface area (Å²) in [5, 5.41) is 0. The molecule has 19 heavy (non-hydrogen) atoms. The predicted octanol–water partition coefficient (Wildman–Crippen LogP) is 3.78. The summed E-state index contributed by atoms with van der Waals surface area (Å²) in [5.41, 5.74) is 2.42. The van der Waals surface area contributed by atoms with Crippen LogP contribution in [0.4, 0.5) is 0 Å². The zero-order chi connectivity index (χ0) is 13.9. The monoisotopic (exact) mass is 260 g/mol. The van der Waals surface area contributed by atoms with E-state index < -0.39 is 0 Å². The van der Waals surface area contributed by atoms with Crippen molar-refractivity contribution in [1.29, 1.82) is 0 Å². The molecule has 0 aliphatic rings. The van der Waals surface area contributed by atoms with Gasteiger partial charge in [-0.1, -0.05) is 37.3 Å². The zero-order valence-electron chi connectivity index (χ0n) is 12.2. The van der Waals surface area contributed by atoms with Gasteiger partial charge in [0.2, 0.25) is 0 Å². The molecule has 1 aromatic rings. The summed E-state index contributed by atoms with van der Waals surface area (Å²) in [5.74, 6) is 6.10. The second-order valence-electron chi connectivity index (χ2n) is 4.44. The van der Waals surface area contributed by atoms with E-state index in [9.17, 15) is 0 Å². The number of hydrogen-bond acceptors (Lipinski definition) is 2. The molecule has 1 aromatic carbocycles. The number of rotatable bonds is 7. The maximum atomic E-state index is 5.39. The molecule has 2 heteroatoms. The van der Waals surface area contributed by atoms with Gasteiger partial charge in [-0.2, -0.15) is 0 Å². The first-order chi connectivity index (χ1) is 9.26. The lowest BCUT2D eigenvalue weighted by Crippen LogP contribution is -2.12. The van der Waals surface area contributed by atoms with Crippen LogP contribution in [0.1, 0.15) is 44.7 Å². The van der Waals surface area contributed by atoms with Gasteiger partial charge in [0, 0.05) is 12.2 Å². The second-order valence-corrected chi connectivity index (χ2v) is 4.44. The van der Waals surface area contributed by atoms with Crippen LogP contribution in [0.3, 0.4) is 0 Å². The van der Waals surface area contributed by atoms with Gasteiger partial charge >= 0.3 is 0 Å². The fraction of sp³-hybridized carbons (Fsp3) is 0.529. The smallest absolute Gasteiger partial charge is 0.156 e. The van der Waals surface area contributed by atoms with Gasteiger partial charge in [-0.3, -0.25) is 0 Å². The van der Waals surface area contributed by atoms with Crippen LogP contribution in [-0.2, 0) is 15.9 Å². The Labute approximate surface area is 117 Å². The van der Waals surface area contributed by atoms with Gasteiger partial charge in [0.15, 0.2) is 6.29 Å². The van der Waals surface area contributed by atoms with Gasteiger partial charge in [-0.25, -0.2) is 0 Å². The molecule has 0 aromatic heterocycles. The van der Waals surface area contributed by atoms with Crippen LogP contribution >= 0.6 is 0 Å². The Kier molecular flexibility index (Phi) is 7.97. The lowest BCUT2D eigenvalue weighted by atomic mass is 10.1. The number of unbranched alkanes of at least 4 members (excludes halogenated alkanes) is 1. The summed E-state index contributed by atoms with van der Waals surface area (Å²) in [4.78, 5) is 0. The molecule has 2 nitrogen and oxygen atoms in total. The van der Waals surface area contributed by atoms with Crippen LogP contribution in [0.2, 0.25) is 0 Å². The van der Waals surface area contributed by atoms with Crippen molar-refractivity contribution in [3.05, 3.63) is 35.4 Å². The van der Waals surface area contributed by atoms with Crippen molar-refractivity contribution in [2.75, 3.05) is 13.2 Å². The molecule has 1 unspecified atom stereocenters. The number of aryl methyl sites for hydroxylation is 1. The average molecular weight is 260 g/mol. The fourth-order valence-corrected chi connectivity index (χ4v) is 1.72. The first kappa shape index (κ1) is 15.8. The third-order valence-electron chi connectivity index (χ3n) is 2.80. The Bertz CT molecular complexity index is 398. The maximum absolute atomic E-state index is 5.39. The van der Waals surface area contributed by atoms with E-state index in [4.69, 9.17) is 9.47 Å². The number of benzene rings is 1. The van der Waals surface area contributed by atoms with E-state index in [0.717, 1.165) is 12.0 Å². The third kappa shape index (κ3) is 7.00. The second kappa shape index (κ2) is 9.61. The summed E-state index contributed by atoms with van der Waals surface area (Å²) >= 11 is 0. The highest BCUT2D eigenvalue weighted by Gasteiger charge is 1.97. The molecule has 0 saturated carbocycles. The van der Waals surface area contributed by atoms with Gasteiger partial charge in [-0.15, -0.1) is 0 Å². The Morgan fingerprint density at radius 1 is 1.11 bits per heavy atom. The van der Waals surface area contributed by atoms with Crippen molar-refractivity contribution in [2.45, 2.75) is 46.3 Å². The van der Waals surface area contributed by atoms with Gasteiger partial charge < -0.3 is 9.47 Å². The van der Waals surface area contributed by atoms with E-state index in [1.54, 1.807) is 0 Å². The topological polar surface area (TPSA) is 18.5 Å². The first-order valence-electron chi connectivity index (χ1n) is 7.07. The van der Waals surface area contributed by atoms with Gasteiger partial charge in [0.25, 0.3) is 0 Å². The van der Waals surface area contributed by atoms with E-state index >= 15 is 0 Å². The summed E-state index contributed by atoms with van der Waals surface area (Å²) in [6.45, 7) is 7.11. The fourth-order valence-electron chi connectivity index (χ4n) is 1.72. The summed E-state index contributed by atoms with van der Waals surface area (Å²) in [7, 11) is 0. The third-order valence-corrected chi connectivity index (χ3v) is 2.80. The molecule has 0 N–H and O–H groups in total. The molecule has 0 radical (unpaired) electrons. The average Bonchev–Trinajstić information content (AvgIpc) is 2.43. The maximum Gasteiger partial charge on any atom is 0.156 e. The number of hydrogen-bond donors (Lipinski definition) is 0. The zero-order valence-corrected chi connectivity index (χ0v) is 12.2. The predicted molar refractivity (Wildman–Crippen MR) is 79.0 cm³/mol. The molecular formula is C17H24O2. The van der Waals surface area contributed by atoms with Gasteiger partial charge in [0.1, 0.15) is 6.61 Å². The highest BCUT2D eigenvalue weighted by Crippen LogP contribution is 2.07. The van der Waals surface area contributed by atoms with Gasteiger partial charge in [-0.05, 0) is 44.4 Å². The molecule has 0 bridgehead atoms. The Balaban J connectivity index is 2.36. The van der Waals surface area contributed by atoms with Crippen molar-refractivity contribution in [2.24, 2.45) is 0 Å². The molecule has 104 valence electrons. The Morgan fingerprint density at radius 3 is 2.47 bits per heavy atom. The van der Waals surface area contributed by atoms with Crippen LogP contribution in [0.15, 0.2) is 24.3 Å². The standard InChI is InChI=1S/C17H24O2/c1-4-6-8-16-10-12-17(13-11-16)9-7-14-19-15(3)18-5-2/h10-13,15H,4-6,8,14H2,1-3H3. The molecule has 0 heterocycles. The van der Waals surface area contributed by atoms with Gasteiger partial charge in [0.05, 0.1) is 0 Å². The lowest BCUT2D eigenvalue weighted by molar-refractivity contribution is -0.117.